The molecule has 0 atom stereocenters. The quantitative estimate of drug-likeness (QED) is 0.774. The lowest BCUT2D eigenvalue weighted by Gasteiger charge is -1.99. The lowest BCUT2D eigenvalue weighted by molar-refractivity contribution is 0.415. The fourth-order valence-electron chi connectivity index (χ4n) is 2.19. The van der Waals surface area contributed by atoms with Crippen LogP contribution >= 0.6 is 11.8 Å². The average molecular weight is 303 g/mol. The predicted octanol–water partition coefficient (Wildman–Crippen LogP) is 2.60. The number of nitrogen functional groups attached to an aromatic ring is 1. The molecule has 3 aromatic rings. The van der Waals surface area contributed by atoms with Crippen molar-refractivity contribution in [1.29, 1.82) is 0 Å². The summed E-state index contributed by atoms with van der Waals surface area (Å²) in [4.78, 5) is 7.83. The largest absolute Gasteiger partial charge is 0.497 e. The Morgan fingerprint density at radius 3 is 2.90 bits per heavy atom. The monoisotopic (exact) mass is 303 g/mol. The highest BCUT2D eigenvalue weighted by Crippen LogP contribution is 2.33. The van der Waals surface area contributed by atoms with E-state index in [4.69, 9.17) is 10.5 Å². The van der Waals surface area contributed by atoms with Gasteiger partial charge in [-0.3, -0.25) is 4.68 Å². The molecule has 0 aliphatic rings. The van der Waals surface area contributed by atoms with Crippen LogP contribution in [0.1, 0.15) is 12.6 Å². The number of rotatable bonds is 4. The Hall–Kier alpha value is -2.15. The highest BCUT2D eigenvalue weighted by Gasteiger charge is 2.15. The fourth-order valence-corrected chi connectivity index (χ4v) is 3.08. The van der Waals surface area contributed by atoms with E-state index in [-0.39, 0.29) is 0 Å². The standard InChI is InChI=1S/C14H17N5OS/c1-4-9-12(15)13(19(2)18-9)21-14-16-10-6-5-8(20-3)7-11(10)17-14/h5-7H,4,15H2,1-3H3,(H,16,17). The van der Waals surface area contributed by atoms with Crippen molar-refractivity contribution in [2.24, 2.45) is 7.05 Å². The minimum absolute atomic E-state index is 0.725. The van der Waals surface area contributed by atoms with E-state index in [0.29, 0.717) is 0 Å². The van der Waals surface area contributed by atoms with Gasteiger partial charge in [-0.1, -0.05) is 6.92 Å². The van der Waals surface area contributed by atoms with Gasteiger partial charge in [0.2, 0.25) is 0 Å². The number of anilines is 1. The molecule has 110 valence electrons. The minimum atomic E-state index is 0.725. The number of benzene rings is 1. The van der Waals surface area contributed by atoms with Gasteiger partial charge in [-0.15, -0.1) is 0 Å². The Bertz CT molecular complexity index is 792. The first-order valence-corrected chi connectivity index (χ1v) is 7.47. The molecule has 0 aliphatic heterocycles. The molecule has 0 fully saturated rings. The molecule has 21 heavy (non-hydrogen) atoms. The molecule has 2 aromatic heterocycles. The summed E-state index contributed by atoms with van der Waals surface area (Å²) in [5, 5.41) is 6.10. The number of nitrogens with one attached hydrogen (secondary N) is 1. The van der Waals surface area contributed by atoms with E-state index in [1.807, 2.05) is 32.2 Å². The summed E-state index contributed by atoms with van der Waals surface area (Å²) < 4.78 is 7.02. The van der Waals surface area contributed by atoms with Crippen LogP contribution < -0.4 is 10.5 Å². The van der Waals surface area contributed by atoms with Crippen LogP contribution in [0.25, 0.3) is 11.0 Å². The molecule has 0 radical (unpaired) electrons. The number of hydrogen-bond acceptors (Lipinski definition) is 5. The molecule has 0 unspecified atom stereocenters. The molecule has 0 bridgehead atoms. The third-order valence-electron chi connectivity index (χ3n) is 3.30. The van der Waals surface area contributed by atoms with E-state index in [0.717, 1.165) is 44.8 Å². The van der Waals surface area contributed by atoms with Crippen LogP contribution in [0.5, 0.6) is 5.75 Å². The summed E-state index contributed by atoms with van der Waals surface area (Å²) in [6.07, 6.45) is 0.817. The maximum atomic E-state index is 6.14. The van der Waals surface area contributed by atoms with Crippen LogP contribution in [-0.4, -0.2) is 26.9 Å². The SMILES string of the molecule is CCc1nn(C)c(Sc2nc3ccc(OC)cc3[nH]2)c1N. The van der Waals surface area contributed by atoms with Crippen molar-refractivity contribution in [3.63, 3.8) is 0 Å². The van der Waals surface area contributed by atoms with Crippen LogP contribution in [0, 0.1) is 0 Å². The zero-order chi connectivity index (χ0) is 15.0. The number of fused-ring (bicyclic) bond motifs is 1. The van der Waals surface area contributed by atoms with Gasteiger partial charge >= 0.3 is 0 Å². The molecule has 0 aliphatic carbocycles. The number of aromatic nitrogens is 4. The van der Waals surface area contributed by atoms with Gasteiger partial charge in [0.15, 0.2) is 5.16 Å². The Kier molecular flexibility index (Phi) is 3.50. The molecular weight excluding hydrogens is 286 g/mol. The van der Waals surface area contributed by atoms with Crippen molar-refractivity contribution in [2.75, 3.05) is 12.8 Å². The second-order valence-corrected chi connectivity index (χ2v) is 5.65. The number of ether oxygens (including phenoxy) is 1. The summed E-state index contributed by atoms with van der Waals surface area (Å²) in [6, 6.07) is 5.75. The third kappa shape index (κ3) is 2.44. The summed E-state index contributed by atoms with van der Waals surface area (Å²) in [5.74, 6) is 0.802. The first kappa shape index (κ1) is 13.8. The van der Waals surface area contributed by atoms with Crippen LogP contribution in [0.3, 0.4) is 0 Å². The van der Waals surface area contributed by atoms with E-state index >= 15 is 0 Å². The zero-order valence-corrected chi connectivity index (χ0v) is 13.0. The molecule has 0 amide bonds. The van der Waals surface area contributed by atoms with E-state index in [1.54, 1.807) is 11.8 Å². The predicted molar refractivity (Wildman–Crippen MR) is 83.8 cm³/mol. The van der Waals surface area contributed by atoms with Crippen LogP contribution in [0.4, 0.5) is 5.69 Å². The topological polar surface area (TPSA) is 81.8 Å². The first-order valence-electron chi connectivity index (χ1n) is 6.65. The highest BCUT2D eigenvalue weighted by atomic mass is 32.2. The van der Waals surface area contributed by atoms with Gasteiger partial charge in [0.1, 0.15) is 10.8 Å². The van der Waals surface area contributed by atoms with Crippen molar-refractivity contribution < 1.29 is 4.74 Å². The highest BCUT2D eigenvalue weighted by molar-refractivity contribution is 7.99. The van der Waals surface area contributed by atoms with Gasteiger partial charge in [-0.2, -0.15) is 5.10 Å². The summed E-state index contributed by atoms with van der Waals surface area (Å²) in [5.41, 5.74) is 9.61. The van der Waals surface area contributed by atoms with Gasteiger partial charge in [0, 0.05) is 13.1 Å². The number of hydrogen-bond donors (Lipinski definition) is 2. The lowest BCUT2D eigenvalue weighted by Crippen LogP contribution is -1.94. The second kappa shape index (κ2) is 5.33. The summed E-state index contributed by atoms with van der Waals surface area (Å²) in [6.45, 7) is 2.04. The van der Waals surface area contributed by atoms with Crippen molar-refractivity contribution in [2.45, 2.75) is 23.5 Å². The lowest BCUT2D eigenvalue weighted by atomic mass is 10.3. The van der Waals surface area contributed by atoms with Crippen LogP contribution in [0.2, 0.25) is 0 Å². The smallest absolute Gasteiger partial charge is 0.172 e. The maximum Gasteiger partial charge on any atom is 0.172 e. The summed E-state index contributed by atoms with van der Waals surface area (Å²) >= 11 is 1.48. The fraction of sp³-hybridized carbons (Fsp3) is 0.286. The summed E-state index contributed by atoms with van der Waals surface area (Å²) in [7, 11) is 3.54. The molecule has 2 heterocycles. The third-order valence-corrected chi connectivity index (χ3v) is 4.37. The number of nitrogens with zero attached hydrogens (tertiary/aromatic N) is 3. The molecule has 3 rings (SSSR count). The number of H-pyrrole nitrogens is 1. The Labute approximate surface area is 126 Å². The van der Waals surface area contributed by atoms with E-state index in [2.05, 4.69) is 15.1 Å². The Morgan fingerprint density at radius 1 is 1.43 bits per heavy atom. The average Bonchev–Trinajstić information content (AvgIpc) is 3.01. The van der Waals surface area contributed by atoms with Crippen LogP contribution in [0.15, 0.2) is 28.4 Å². The van der Waals surface area contributed by atoms with Gasteiger partial charge in [0.05, 0.1) is 29.5 Å². The van der Waals surface area contributed by atoms with Crippen molar-refractivity contribution in [3.8, 4) is 5.75 Å². The zero-order valence-electron chi connectivity index (χ0n) is 12.2. The van der Waals surface area contributed by atoms with Crippen molar-refractivity contribution in [3.05, 3.63) is 23.9 Å². The van der Waals surface area contributed by atoms with Crippen molar-refractivity contribution >= 4 is 28.5 Å². The molecule has 0 saturated heterocycles. The molecular formula is C14H17N5OS. The number of imidazole rings is 1. The number of methoxy groups -OCH3 is 1. The second-order valence-electron chi connectivity index (χ2n) is 4.67. The molecule has 0 saturated carbocycles. The number of aryl methyl sites for hydroxylation is 2. The molecule has 7 heteroatoms. The van der Waals surface area contributed by atoms with Gasteiger partial charge < -0.3 is 15.5 Å². The number of aromatic amines is 1. The Balaban J connectivity index is 1.96. The minimum Gasteiger partial charge on any atom is -0.497 e. The Morgan fingerprint density at radius 2 is 2.24 bits per heavy atom. The van der Waals surface area contributed by atoms with Gasteiger partial charge in [-0.05, 0) is 30.3 Å². The van der Waals surface area contributed by atoms with Gasteiger partial charge in [-0.25, -0.2) is 4.98 Å². The normalized spacial score (nSPS) is 11.2. The van der Waals surface area contributed by atoms with Crippen LogP contribution in [-0.2, 0) is 13.5 Å². The van der Waals surface area contributed by atoms with E-state index < -0.39 is 0 Å². The maximum absolute atomic E-state index is 6.14. The molecule has 1 aromatic carbocycles. The first-order chi connectivity index (χ1) is 10.1. The molecule has 3 N–H and O–H groups in total. The number of nitrogens with two attached hydrogens (primary N) is 1. The van der Waals surface area contributed by atoms with Crippen molar-refractivity contribution in [1.82, 2.24) is 19.7 Å². The van der Waals surface area contributed by atoms with E-state index in [1.165, 1.54) is 11.8 Å². The molecule has 6 nitrogen and oxygen atoms in total. The molecule has 0 spiro atoms. The van der Waals surface area contributed by atoms with Gasteiger partial charge in [0.25, 0.3) is 0 Å². The van der Waals surface area contributed by atoms with E-state index in [9.17, 15) is 0 Å².